The first-order valence-corrected chi connectivity index (χ1v) is 6.26. The average molecular weight is 284 g/mol. The molecule has 0 aliphatic rings. The number of carbonyl (C=O) groups is 2. The number of benzene rings is 1. The van der Waals surface area contributed by atoms with Crippen LogP contribution in [0.5, 0.6) is 0 Å². The molecule has 1 rings (SSSR count). The Kier molecular flexibility index (Phi) is 5.76. The van der Waals surface area contributed by atoms with Crippen LogP contribution in [0.25, 0.3) is 0 Å². The van der Waals surface area contributed by atoms with Gasteiger partial charge in [-0.25, -0.2) is 8.78 Å². The van der Waals surface area contributed by atoms with Gasteiger partial charge in [0.25, 0.3) is 0 Å². The summed E-state index contributed by atoms with van der Waals surface area (Å²) < 4.78 is 26.3. The molecule has 0 heterocycles. The highest BCUT2D eigenvalue weighted by Crippen LogP contribution is 2.11. The third-order valence-corrected chi connectivity index (χ3v) is 2.90. The third kappa shape index (κ3) is 4.38. The van der Waals surface area contributed by atoms with Crippen LogP contribution in [-0.4, -0.2) is 55.2 Å². The maximum atomic E-state index is 13.5. The van der Waals surface area contributed by atoms with Crippen molar-refractivity contribution in [1.82, 2.24) is 9.80 Å². The lowest BCUT2D eigenvalue weighted by Gasteiger charge is -2.21. The third-order valence-electron chi connectivity index (χ3n) is 2.90. The molecule has 0 radical (unpaired) electrons. The summed E-state index contributed by atoms with van der Waals surface area (Å²) in [5, 5.41) is 0. The molecule has 1 aromatic carbocycles. The van der Waals surface area contributed by atoms with Gasteiger partial charge in [0.15, 0.2) is 5.78 Å². The van der Waals surface area contributed by atoms with Crippen molar-refractivity contribution in [3.63, 3.8) is 0 Å². The first-order valence-electron chi connectivity index (χ1n) is 6.26. The second kappa shape index (κ2) is 7.09. The van der Waals surface area contributed by atoms with Crippen LogP contribution < -0.4 is 0 Å². The highest BCUT2D eigenvalue weighted by atomic mass is 19.1. The molecule has 4 nitrogen and oxygen atoms in total. The van der Waals surface area contributed by atoms with Gasteiger partial charge in [0.1, 0.15) is 11.6 Å². The molecule has 0 spiro atoms. The van der Waals surface area contributed by atoms with E-state index in [0.29, 0.717) is 12.6 Å². The molecule has 0 aliphatic carbocycles. The summed E-state index contributed by atoms with van der Waals surface area (Å²) in [6.45, 7) is 2.28. The van der Waals surface area contributed by atoms with E-state index in [2.05, 4.69) is 0 Å². The van der Waals surface area contributed by atoms with Crippen molar-refractivity contribution in [2.24, 2.45) is 0 Å². The number of carbonyl (C=O) groups excluding carboxylic acids is 2. The van der Waals surface area contributed by atoms with Crippen LogP contribution >= 0.6 is 0 Å². The summed E-state index contributed by atoms with van der Waals surface area (Å²) in [5.74, 6) is -2.23. The van der Waals surface area contributed by atoms with E-state index in [4.69, 9.17) is 0 Å². The summed E-state index contributed by atoms with van der Waals surface area (Å²) in [6, 6.07) is 2.83. The van der Waals surface area contributed by atoms with Crippen molar-refractivity contribution >= 4 is 11.7 Å². The predicted molar refractivity (Wildman–Crippen MR) is 71.5 cm³/mol. The molecule has 0 saturated carbocycles. The van der Waals surface area contributed by atoms with Crippen molar-refractivity contribution in [2.75, 3.05) is 33.7 Å². The maximum absolute atomic E-state index is 13.5. The predicted octanol–water partition coefficient (Wildman–Crippen LogP) is 1.56. The fraction of sp³-hybridized carbons (Fsp3) is 0.429. The number of likely N-dealkylation sites (N-methyl/N-ethyl adjacent to an activating group) is 2. The van der Waals surface area contributed by atoms with Crippen LogP contribution in [0.4, 0.5) is 8.78 Å². The zero-order chi connectivity index (χ0) is 15.3. The minimum atomic E-state index is -0.884. The summed E-state index contributed by atoms with van der Waals surface area (Å²) in [5.41, 5.74) is -0.165. The maximum Gasteiger partial charge on any atom is 0.236 e. The van der Waals surface area contributed by atoms with Gasteiger partial charge in [-0.1, -0.05) is 6.92 Å². The van der Waals surface area contributed by atoms with Crippen molar-refractivity contribution in [1.29, 1.82) is 0 Å². The molecule has 0 bridgehead atoms. The molecule has 1 amide bonds. The monoisotopic (exact) mass is 284 g/mol. The van der Waals surface area contributed by atoms with Crippen molar-refractivity contribution in [3.05, 3.63) is 35.4 Å². The molecule has 0 aromatic heterocycles. The van der Waals surface area contributed by atoms with Gasteiger partial charge in [0.05, 0.1) is 18.7 Å². The van der Waals surface area contributed by atoms with Crippen LogP contribution in [0.15, 0.2) is 18.2 Å². The lowest BCUT2D eigenvalue weighted by Crippen LogP contribution is -2.39. The first kappa shape index (κ1) is 16.2. The van der Waals surface area contributed by atoms with E-state index in [1.165, 1.54) is 4.90 Å². The van der Waals surface area contributed by atoms with Gasteiger partial charge >= 0.3 is 0 Å². The highest BCUT2D eigenvalue weighted by Gasteiger charge is 2.18. The van der Waals surface area contributed by atoms with Gasteiger partial charge in [-0.3, -0.25) is 14.5 Å². The van der Waals surface area contributed by atoms with Crippen molar-refractivity contribution < 1.29 is 18.4 Å². The zero-order valence-corrected chi connectivity index (χ0v) is 11.8. The molecule has 0 N–H and O–H groups in total. The number of ketones is 1. The first-order chi connectivity index (χ1) is 9.35. The summed E-state index contributed by atoms with van der Waals surface area (Å²) in [6.07, 6.45) is 0. The Bertz CT molecular complexity index is 504. The van der Waals surface area contributed by atoms with E-state index in [0.717, 1.165) is 12.1 Å². The molecule has 0 aliphatic heterocycles. The molecule has 0 atom stereocenters. The molecule has 20 heavy (non-hydrogen) atoms. The normalized spacial score (nSPS) is 10.7. The quantitative estimate of drug-likeness (QED) is 0.744. The van der Waals surface area contributed by atoms with Gasteiger partial charge in [-0.15, -0.1) is 0 Å². The van der Waals surface area contributed by atoms with Crippen LogP contribution in [0, 0.1) is 11.6 Å². The number of hydrogen-bond acceptors (Lipinski definition) is 3. The largest absolute Gasteiger partial charge is 0.348 e. The van der Waals surface area contributed by atoms with E-state index >= 15 is 0 Å². The van der Waals surface area contributed by atoms with Crippen molar-refractivity contribution in [3.8, 4) is 0 Å². The fourth-order valence-electron chi connectivity index (χ4n) is 1.62. The fourth-order valence-corrected chi connectivity index (χ4v) is 1.62. The van der Waals surface area contributed by atoms with Crippen LogP contribution in [-0.2, 0) is 4.79 Å². The number of amides is 1. The smallest absolute Gasteiger partial charge is 0.236 e. The Hall–Kier alpha value is -1.82. The van der Waals surface area contributed by atoms with Gasteiger partial charge in [-0.05, 0) is 18.7 Å². The Labute approximate surface area is 117 Å². The second-order valence-corrected chi connectivity index (χ2v) is 4.64. The molecule has 110 valence electrons. The van der Waals surface area contributed by atoms with E-state index in [-0.39, 0.29) is 24.6 Å². The average Bonchev–Trinajstić information content (AvgIpc) is 2.37. The molecular formula is C14H18F2N2O2. The number of rotatable bonds is 6. The Morgan fingerprint density at radius 3 is 2.30 bits per heavy atom. The lowest BCUT2D eigenvalue weighted by molar-refractivity contribution is -0.129. The molecule has 0 fully saturated rings. The topological polar surface area (TPSA) is 40.6 Å². The SMILES string of the molecule is CCN(CC(=O)c1ccc(F)cc1F)CC(=O)N(C)C. The Balaban J connectivity index is 2.74. The van der Waals surface area contributed by atoms with Crippen LogP contribution in [0.1, 0.15) is 17.3 Å². The molecule has 6 heteroatoms. The standard InChI is InChI=1S/C14H18F2N2O2/c1-4-18(9-14(20)17(2)3)8-13(19)11-6-5-10(15)7-12(11)16/h5-7H,4,8-9H2,1-3H3. The van der Waals surface area contributed by atoms with Crippen LogP contribution in [0.3, 0.4) is 0 Å². The van der Waals surface area contributed by atoms with E-state index < -0.39 is 17.4 Å². The number of halogens is 2. The highest BCUT2D eigenvalue weighted by molar-refractivity contribution is 5.98. The van der Waals surface area contributed by atoms with Crippen LogP contribution in [0.2, 0.25) is 0 Å². The lowest BCUT2D eigenvalue weighted by atomic mass is 10.1. The van der Waals surface area contributed by atoms with Gasteiger partial charge in [0.2, 0.25) is 5.91 Å². The summed E-state index contributed by atoms with van der Waals surface area (Å²) in [4.78, 5) is 26.6. The Morgan fingerprint density at radius 2 is 1.80 bits per heavy atom. The number of Topliss-reactive ketones (excluding diaryl/α,β-unsaturated/α-hetero) is 1. The number of nitrogens with zero attached hydrogens (tertiary/aromatic N) is 2. The van der Waals surface area contributed by atoms with Gasteiger partial charge in [0, 0.05) is 20.2 Å². The van der Waals surface area contributed by atoms with Gasteiger partial charge < -0.3 is 4.90 Å². The second-order valence-electron chi connectivity index (χ2n) is 4.64. The Morgan fingerprint density at radius 1 is 1.15 bits per heavy atom. The minimum Gasteiger partial charge on any atom is -0.348 e. The van der Waals surface area contributed by atoms with Crippen molar-refractivity contribution in [2.45, 2.75) is 6.92 Å². The van der Waals surface area contributed by atoms with E-state index in [9.17, 15) is 18.4 Å². The summed E-state index contributed by atoms with van der Waals surface area (Å²) >= 11 is 0. The zero-order valence-electron chi connectivity index (χ0n) is 11.8. The molecule has 0 unspecified atom stereocenters. The molecule has 1 aromatic rings. The van der Waals surface area contributed by atoms with Gasteiger partial charge in [-0.2, -0.15) is 0 Å². The minimum absolute atomic E-state index is 0.0814. The number of hydrogen-bond donors (Lipinski definition) is 0. The molecule has 0 saturated heterocycles. The molecular weight excluding hydrogens is 266 g/mol. The van der Waals surface area contributed by atoms with E-state index in [1.807, 2.05) is 0 Å². The van der Waals surface area contributed by atoms with E-state index in [1.54, 1.807) is 25.9 Å². The summed E-state index contributed by atoms with van der Waals surface area (Å²) in [7, 11) is 3.25.